The number of halogens is 2. The maximum Gasteiger partial charge on any atom is 0.256 e. The van der Waals surface area contributed by atoms with Crippen LogP contribution < -0.4 is 5.32 Å². The highest BCUT2D eigenvalue weighted by Gasteiger charge is 2.27. The van der Waals surface area contributed by atoms with Crippen LogP contribution >= 0.6 is 11.6 Å². The SMILES string of the molecule is CCc1c(NC(=O)c2cc(C3CC3)nc3ccc(F)cc23)cnn1-c1ccc(Cl)cc1. The Balaban J connectivity index is 1.53. The van der Waals surface area contributed by atoms with E-state index in [0.717, 1.165) is 29.9 Å². The van der Waals surface area contributed by atoms with E-state index in [9.17, 15) is 9.18 Å². The lowest BCUT2D eigenvalue weighted by molar-refractivity contribution is 0.102. The van der Waals surface area contributed by atoms with Crippen molar-refractivity contribution in [1.82, 2.24) is 14.8 Å². The minimum atomic E-state index is -0.396. The molecule has 156 valence electrons. The van der Waals surface area contributed by atoms with Gasteiger partial charge in [0.1, 0.15) is 5.82 Å². The number of anilines is 1. The molecule has 1 saturated carbocycles. The third-order valence-corrected chi connectivity index (χ3v) is 5.81. The fourth-order valence-electron chi connectivity index (χ4n) is 3.81. The van der Waals surface area contributed by atoms with Gasteiger partial charge in [0.15, 0.2) is 0 Å². The smallest absolute Gasteiger partial charge is 0.256 e. The Labute approximate surface area is 183 Å². The van der Waals surface area contributed by atoms with E-state index in [4.69, 9.17) is 11.6 Å². The zero-order valence-corrected chi connectivity index (χ0v) is 17.7. The van der Waals surface area contributed by atoms with Crippen molar-refractivity contribution in [2.45, 2.75) is 32.1 Å². The normalized spacial score (nSPS) is 13.5. The van der Waals surface area contributed by atoms with Crippen molar-refractivity contribution in [3.63, 3.8) is 0 Å². The molecule has 1 fully saturated rings. The molecule has 0 atom stereocenters. The molecule has 5 nitrogen and oxygen atoms in total. The Hall–Kier alpha value is -3.25. The number of fused-ring (bicyclic) bond motifs is 1. The highest BCUT2D eigenvalue weighted by molar-refractivity contribution is 6.30. The topological polar surface area (TPSA) is 59.8 Å². The fraction of sp³-hybridized carbons (Fsp3) is 0.208. The van der Waals surface area contributed by atoms with Gasteiger partial charge >= 0.3 is 0 Å². The molecule has 4 aromatic rings. The summed E-state index contributed by atoms with van der Waals surface area (Å²) in [6.07, 6.45) is 4.43. The quantitative estimate of drug-likeness (QED) is 0.425. The van der Waals surface area contributed by atoms with Crippen LogP contribution in [-0.4, -0.2) is 20.7 Å². The molecule has 1 aliphatic carbocycles. The maximum atomic E-state index is 13.9. The van der Waals surface area contributed by atoms with E-state index in [2.05, 4.69) is 15.4 Å². The van der Waals surface area contributed by atoms with Crippen molar-refractivity contribution in [3.05, 3.63) is 82.5 Å². The summed E-state index contributed by atoms with van der Waals surface area (Å²) in [5, 5.41) is 8.58. The molecule has 0 unspecified atom stereocenters. The number of hydrogen-bond donors (Lipinski definition) is 1. The second kappa shape index (κ2) is 7.78. The Morgan fingerprint density at radius 3 is 2.68 bits per heavy atom. The van der Waals surface area contributed by atoms with Crippen LogP contribution in [0.5, 0.6) is 0 Å². The summed E-state index contributed by atoms with van der Waals surface area (Å²) >= 11 is 5.99. The molecule has 0 radical (unpaired) electrons. The van der Waals surface area contributed by atoms with Gasteiger partial charge in [0, 0.05) is 22.0 Å². The molecule has 2 aromatic heterocycles. The number of nitrogens with zero attached hydrogens (tertiary/aromatic N) is 3. The predicted molar refractivity (Wildman–Crippen MR) is 120 cm³/mol. The predicted octanol–water partition coefficient (Wildman–Crippen LogP) is 5.91. The van der Waals surface area contributed by atoms with Crippen molar-refractivity contribution in [3.8, 4) is 5.69 Å². The zero-order valence-electron chi connectivity index (χ0n) is 16.9. The van der Waals surface area contributed by atoms with Gasteiger partial charge in [-0.3, -0.25) is 9.78 Å². The fourth-order valence-corrected chi connectivity index (χ4v) is 3.93. The lowest BCUT2D eigenvalue weighted by atomic mass is 10.0. The van der Waals surface area contributed by atoms with Gasteiger partial charge in [0.05, 0.1) is 34.3 Å². The van der Waals surface area contributed by atoms with Crippen molar-refractivity contribution in [2.75, 3.05) is 5.32 Å². The minimum absolute atomic E-state index is 0.301. The first-order chi connectivity index (χ1) is 15.0. The first-order valence-electron chi connectivity index (χ1n) is 10.3. The van der Waals surface area contributed by atoms with Gasteiger partial charge in [-0.2, -0.15) is 5.10 Å². The van der Waals surface area contributed by atoms with Crippen LogP contribution in [0.4, 0.5) is 10.1 Å². The summed E-state index contributed by atoms with van der Waals surface area (Å²) < 4.78 is 15.7. The standard InChI is InChI=1S/C24H20ClFN4O/c1-2-23-22(13-27-30(23)17-8-5-15(25)6-9-17)29-24(31)19-12-21(14-3-4-14)28-20-10-7-16(26)11-18(19)20/h5-14H,2-4H2,1H3,(H,29,31). The van der Waals surface area contributed by atoms with E-state index in [-0.39, 0.29) is 5.91 Å². The lowest BCUT2D eigenvalue weighted by Crippen LogP contribution is -2.15. The molecule has 1 aliphatic rings. The summed E-state index contributed by atoms with van der Waals surface area (Å²) in [4.78, 5) is 17.9. The third kappa shape index (κ3) is 3.79. The van der Waals surface area contributed by atoms with Gasteiger partial charge in [-0.1, -0.05) is 18.5 Å². The van der Waals surface area contributed by atoms with Gasteiger partial charge in [-0.25, -0.2) is 9.07 Å². The third-order valence-electron chi connectivity index (χ3n) is 5.55. The number of carbonyl (C=O) groups excluding carboxylic acids is 1. The van der Waals surface area contributed by atoms with Gasteiger partial charge in [0.25, 0.3) is 5.91 Å². The first kappa shape index (κ1) is 19.7. The van der Waals surface area contributed by atoms with Crippen LogP contribution in [0.15, 0.2) is 54.7 Å². The van der Waals surface area contributed by atoms with E-state index in [0.29, 0.717) is 39.5 Å². The van der Waals surface area contributed by atoms with Crippen LogP contribution in [0.1, 0.15) is 47.4 Å². The highest BCUT2D eigenvalue weighted by Crippen LogP contribution is 2.40. The molecule has 0 aliphatic heterocycles. The number of rotatable bonds is 5. The second-order valence-electron chi connectivity index (χ2n) is 7.73. The molecule has 1 N–H and O–H groups in total. The summed E-state index contributed by atoms with van der Waals surface area (Å²) in [7, 11) is 0. The molecule has 31 heavy (non-hydrogen) atoms. The molecule has 0 bridgehead atoms. The number of pyridine rings is 1. The second-order valence-corrected chi connectivity index (χ2v) is 8.17. The summed E-state index contributed by atoms with van der Waals surface area (Å²) in [6.45, 7) is 2.00. The Kier molecular flexibility index (Phi) is 4.94. The van der Waals surface area contributed by atoms with Crippen LogP contribution in [0.25, 0.3) is 16.6 Å². The molecule has 5 rings (SSSR count). The van der Waals surface area contributed by atoms with E-state index < -0.39 is 5.82 Å². The summed E-state index contributed by atoms with van der Waals surface area (Å²) in [5.41, 5.74) is 4.28. The number of aromatic nitrogens is 3. The zero-order chi connectivity index (χ0) is 21.5. The van der Waals surface area contributed by atoms with Crippen LogP contribution in [-0.2, 0) is 6.42 Å². The lowest BCUT2D eigenvalue weighted by Gasteiger charge is -2.12. The van der Waals surface area contributed by atoms with Crippen LogP contribution in [0.2, 0.25) is 5.02 Å². The average molecular weight is 435 g/mol. The van der Waals surface area contributed by atoms with Crippen molar-refractivity contribution < 1.29 is 9.18 Å². The van der Waals surface area contributed by atoms with E-state index in [1.165, 1.54) is 12.1 Å². The van der Waals surface area contributed by atoms with Gasteiger partial charge in [0.2, 0.25) is 0 Å². The van der Waals surface area contributed by atoms with Gasteiger partial charge in [-0.15, -0.1) is 0 Å². The summed E-state index contributed by atoms with van der Waals surface area (Å²) in [6, 6.07) is 13.5. The molecular formula is C24H20ClFN4O. The molecule has 7 heteroatoms. The molecular weight excluding hydrogens is 415 g/mol. The van der Waals surface area contributed by atoms with Gasteiger partial charge < -0.3 is 5.32 Å². The molecule has 2 heterocycles. The Morgan fingerprint density at radius 2 is 1.97 bits per heavy atom. The van der Waals surface area contributed by atoms with Crippen LogP contribution in [0.3, 0.4) is 0 Å². The molecule has 0 saturated heterocycles. The van der Waals surface area contributed by atoms with E-state index in [1.807, 2.05) is 19.1 Å². The Morgan fingerprint density at radius 1 is 1.19 bits per heavy atom. The first-order valence-corrected chi connectivity index (χ1v) is 10.7. The van der Waals surface area contributed by atoms with Crippen molar-refractivity contribution in [2.24, 2.45) is 0 Å². The number of hydrogen-bond acceptors (Lipinski definition) is 3. The summed E-state index contributed by atoms with van der Waals surface area (Å²) in [5.74, 6) is -0.322. The number of carbonyl (C=O) groups is 1. The monoisotopic (exact) mass is 434 g/mol. The maximum absolute atomic E-state index is 13.9. The Bertz CT molecular complexity index is 1300. The largest absolute Gasteiger partial charge is 0.319 e. The number of amides is 1. The highest BCUT2D eigenvalue weighted by atomic mass is 35.5. The van der Waals surface area contributed by atoms with E-state index in [1.54, 1.807) is 35.1 Å². The van der Waals surface area contributed by atoms with Crippen molar-refractivity contribution >= 4 is 34.1 Å². The number of benzene rings is 2. The molecule has 2 aromatic carbocycles. The van der Waals surface area contributed by atoms with E-state index >= 15 is 0 Å². The molecule has 0 spiro atoms. The van der Waals surface area contributed by atoms with Gasteiger partial charge in [-0.05, 0) is 67.8 Å². The van der Waals surface area contributed by atoms with Crippen LogP contribution in [0, 0.1) is 5.82 Å². The number of nitrogens with one attached hydrogen (secondary N) is 1. The average Bonchev–Trinajstić information content (AvgIpc) is 3.54. The van der Waals surface area contributed by atoms with Crippen molar-refractivity contribution in [1.29, 1.82) is 0 Å². The minimum Gasteiger partial charge on any atom is -0.319 e. The molecule has 1 amide bonds.